The highest BCUT2D eigenvalue weighted by Crippen LogP contribution is 2.12. The molecule has 0 saturated heterocycles. The van der Waals surface area contributed by atoms with Gasteiger partial charge in [-0.1, -0.05) is 102 Å². The predicted molar refractivity (Wildman–Crippen MR) is 105 cm³/mol. The van der Waals surface area contributed by atoms with E-state index in [1.54, 1.807) is 0 Å². The van der Waals surface area contributed by atoms with Crippen molar-refractivity contribution in [2.75, 3.05) is 0 Å². The molecule has 0 amide bonds. The van der Waals surface area contributed by atoms with Crippen LogP contribution in [0.15, 0.2) is 78.9 Å². The third-order valence-electron chi connectivity index (χ3n) is 4.47. The van der Waals surface area contributed by atoms with Gasteiger partial charge in [0.25, 0.3) is 0 Å². The van der Waals surface area contributed by atoms with Gasteiger partial charge in [0.1, 0.15) is 8.07 Å². The Morgan fingerprint density at radius 2 is 1.17 bits per heavy atom. The lowest BCUT2D eigenvalue weighted by Crippen LogP contribution is -2.52. The van der Waals surface area contributed by atoms with Crippen LogP contribution in [0.2, 0.25) is 18.1 Å². The second-order valence-electron chi connectivity index (χ2n) is 6.40. The van der Waals surface area contributed by atoms with Gasteiger partial charge in [0, 0.05) is 16.1 Å². The Balaban J connectivity index is 1.89. The Morgan fingerprint density at radius 3 is 1.71 bits per heavy atom. The van der Waals surface area contributed by atoms with Gasteiger partial charge in [-0.25, -0.2) is 0 Å². The van der Waals surface area contributed by atoms with E-state index in [1.165, 1.54) is 10.4 Å². The molecule has 120 valence electrons. The van der Waals surface area contributed by atoms with E-state index in [1.807, 2.05) is 54.6 Å². The fourth-order valence-corrected chi connectivity index (χ4v) is 5.29. The van der Waals surface area contributed by atoms with E-state index in [0.717, 1.165) is 16.1 Å². The molecule has 0 aliphatic heterocycles. The monoisotopic (exact) mass is 350 g/mol. The van der Waals surface area contributed by atoms with Crippen LogP contribution in [0.4, 0.5) is 0 Å². The lowest BCUT2D eigenvalue weighted by Gasteiger charge is -2.24. The topological polar surface area (TPSA) is 17.1 Å². The average molecular weight is 351 g/mol. The molecule has 0 saturated carbocycles. The zero-order valence-electron chi connectivity index (χ0n) is 13.8. The van der Waals surface area contributed by atoms with Crippen molar-refractivity contribution >= 4 is 35.8 Å². The standard InChI is InChI=1S/C21H19ClOSi/c1-24(2,20-14-10-18(22)11-15-20)19-12-8-17(9-13-19)21(23)16-6-4-3-5-7-16/h3-15H,1-2H3. The summed E-state index contributed by atoms with van der Waals surface area (Å²) in [6, 6.07) is 25.6. The molecule has 0 aromatic heterocycles. The quantitative estimate of drug-likeness (QED) is 0.503. The fraction of sp³-hybridized carbons (Fsp3) is 0.0952. The van der Waals surface area contributed by atoms with Crippen LogP contribution in [-0.2, 0) is 0 Å². The van der Waals surface area contributed by atoms with Gasteiger partial charge in [0.05, 0.1) is 0 Å². The Hall–Kier alpha value is -2.16. The molecule has 0 radical (unpaired) electrons. The number of benzene rings is 3. The number of rotatable bonds is 4. The van der Waals surface area contributed by atoms with Gasteiger partial charge >= 0.3 is 0 Å². The molecule has 0 aliphatic rings. The van der Waals surface area contributed by atoms with Crippen molar-refractivity contribution in [3.05, 3.63) is 95.0 Å². The molecule has 3 aromatic rings. The summed E-state index contributed by atoms with van der Waals surface area (Å²) in [6.45, 7) is 4.62. The summed E-state index contributed by atoms with van der Waals surface area (Å²) < 4.78 is 0. The van der Waals surface area contributed by atoms with Crippen LogP contribution in [-0.4, -0.2) is 13.9 Å². The Morgan fingerprint density at radius 1 is 0.708 bits per heavy atom. The lowest BCUT2D eigenvalue weighted by atomic mass is 10.0. The van der Waals surface area contributed by atoms with Crippen molar-refractivity contribution in [2.45, 2.75) is 13.1 Å². The summed E-state index contributed by atoms with van der Waals surface area (Å²) in [5.41, 5.74) is 1.45. The molecular weight excluding hydrogens is 332 g/mol. The molecule has 0 bridgehead atoms. The molecule has 3 aromatic carbocycles. The van der Waals surface area contributed by atoms with Gasteiger partial charge in [-0.15, -0.1) is 0 Å². The van der Waals surface area contributed by atoms with Crippen LogP contribution in [0.1, 0.15) is 15.9 Å². The van der Waals surface area contributed by atoms with Crippen LogP contribution < -0.4 is 10.4 Å². The summed E-state index contributed by atoms with van der Waals surface area (Å²) >= 11 is 6.00. The van der Waals surface area contributed by atoms with Gasteiger partial charge in [-0.05, 0) is 12.1 Å². The van der Waals surface area contributed by atoms with E-state index in [9.17, 15) is 4.79 Å². The van der Waals surface area contributed by atoms with E-state index in [0.29, 0.717) is 0 Å². The van der Waals surface area contributed by atoms with Crippen molar-refractivity contribution in [3.63, 3.8) is 0 Å². The van der Waals surface area contributed by atoms with Crippen molar-refractivity contribution < 1.29 is 4.79 Å². The summed E-state index contributed by atoms with van der Waals surface area (Å²) in [4.78, 5) is 12.5. The van der Waals surface area contributed by atoms with Gasteiger partial charge < -0.3 is 0 Å². The second-order valence-corrected chi connectivity index (χ2v) is 11.2. The zero-order chi connectivity index (χ0) is 17.2. The average Bonchev–Trinajstić information content (AvgIpc) is 2.62. The number of carbonyl (C=O) groups excluding carboxylic acids is 1. The minimum atomic E-state index is -1.79. The van der Waals surface area contributed by atoms with E-state index < -0.39 is 8.07 Å². The van der Waals surface area contributed by atoms with Crippen molar-refractivity contribution in [3.8, 4) is 0 Å². The Labute approximate surface area is 148 Å². The molecule has 0 heterocycles. The Bertz CT molecular complexity index is 837. The van der Waals surface area contributed by atoms with Crippen LogP contribution in [0.5, 0.6) is 0 Å². The number of halogens is 1. The van der Waals surface area contributed by atoms with Gasteiger partial charge in [0.15, 0.2) is 5.78 Å². The first-order valence-corrected chi connectivity index (χ1v) is 11.3. The van der Waals surface area contributed by atoms with Gasteiger partial charge in [-0.2, -0.15) is 0 Å². The molecule has 0 N–H and O–H groups in total. The van der Waals surface area contributed by atoms with Crippen LogP contribution in [0, 0.1) is 0 Å². The minimum Gasteiger partial charge on any atom is -0.289 e. The third kappa shape index (κ3) is 3.35. The third-order valence-corrected chi connectivity index (χ3v) is 8.28. The minimum absolute atomic E-state index is 0.0631. The van der Waals surface area contributed by atoms with E-state index >= 15 is 0 Å². The summed E-state index contributed by atoms with van der Waals surface area (Å²) in [5, 5.41) is 3.39. The fourth-order valence-electron chi connectivity index (χ4n) is 2.83. The first kappa shape index (κ1) is 16.7. The van der Waals surface area contributed by atoms with Crippen LogP contribution in [0.25, 0.3) is 0 Å². The molecule has 24 heavy (non-hydrogen) atoms. The highest BCUT2D eigenvalue weighted by molar-refractivity contribution is 7.00. The molecule has 1 nitrogen and oxygen atoms in total. The highest BCUT2D eigenvalue weighted by atomic mass is 35.5. The van der Waals surface area contributed by atoms with Gasteiger partial charge in [0.2, 0.25) is 0 Å². The first-order chi connectivity index (χ1) is 11.5. The maximum Gasteiger partial charge on any atom is 0.193 e. The molecule has 0 atom stereocenters. The number of ketones is 1. The van der Waals surface area contributed by atoms with E-state index in [4.69, 9.17) is 11.6 Å². The molecular formula is C21H19ClOSi. The molecule has 0 fully saturated rings. The maximum absolute atomic E-state index is 12.5. The van der Waals surface area contributed by atoms with Crippen molar-refractivity contribution in [1.82, 2.24) is 0 Å². The van der Waals surface area contributed by atoms with Crippen LogP contribution in [0.3, 0.4) is 0 Å². The summed E-state index contributed by atoms with van der Waals surface area (Å²) in [7, 11) is -1.79. The van der Waals surface area contributed by atoms with Gasteiger partial charge in [-0.3, -0.25) is 4.79 Å². The number of carbonyl (C=O) groups is 1. The van der Waals surface area contributed by atoms with E-state index in [2.05, 4.69) is 37.4 Å². The largest absolute Gasteiger partial charge is 0.289 e. The summed E-state index contributed by atoms with van der Waals surface area (Å²) in [5.74, 6) is 0.0631. The smallest absolute Gasteiger partial charge is 0.193 e. The number of hydrogen-bond donors (Lipinski definition) is 0. The zero-order valence-corrected chi connectivity index (χ0v) is 15.5. The number of hydrogen-bond acceptors (Lipinski definition) is 1. The Kier molecular flexibility index (Phi) is 4.70. The molecule has 0 aliphatic carbocycles. The van der Waals surface area contributed by atoms with Crippen LogP contribution >= 0.6 is 11.6 Å². The molecule has 3 heteroatoms. The molecule has 3 rings (SSSR count). The SMILES string of the molecule is C[Si](C)(c1ccc(Cl)cc1)c1ccc(C(=O)c2ccccc2)cc1. The first-order valence-electron chi connectivity index (χ1n) is 7.95. The molecule has 0 spiro atoms. The van der Waals surface area contributed by atoms with Crippen molar-refractivity contribution in [1.29, 1.82) is 0 Å². The highest BCUT2D eigenvalue weighted by Gasteiger charge is 2.26. The second kappa shape index (κ2) is 6.76. The van der Waals surface area contributed by atoms with Crippen molar-refractivity contribution in [2.24, 2.45) is 0 Å². The summed E-state index contributed by atoms with van der Waals surface area (Å²) in [6.07, 6.45) is 0. The lowest BCUT2D eigenvalue weighted by molar-refractivity contribution is 0.103. The van der Waals surface area contributed by atoms with E-state index in [-0.39, 0.29) is 5.78 Å². The maximum atomic E-state index is 12.5. The molecule has 0 unspecified atom stereocenters. The normalized spacial score (nSPS) is 11.3. The predicted octanol–water partition coefficient (Wildman–Crippen LogP) is 4.39.